The third-order valence-corrected chi connectivity index (χ3v) is 4.51. The van der Waals surface area contributed by atoms with Crippen molar-refractivity contribution in [1.82, 2.24) is 10.3 Å². The van der Waals surface area contributed by atoms with Gasteiger partial charge in [-0.15, -0.1) is 11.3 Å². The molecule has 0 saturated carbocycles. The number of aryl methyl sites for hydroxylation is 1. The van der Waals surface area contributed by atoms with Crippen molar-refractivity contribution >= 4 is 22.4 Å². The van der Waals surface area contributed by atoms with Crippen LogP contribution < -0.4 is 11.1 Å². The van der Waals surface area contributed by atoms with Crippen molar-refractivity contribution in [2.45, 2.75) is 19.4 Å². The molecule has 0 radical (unpaired) electrons. The van der Waals surface area contributed by atoms with Crippen molar-refractivity contribution in [3.8, 4) is 0 Å². The lowest BCUT2D eigenvalue weighted by atomic mass is 10.0. The van der Waals surface area contributed by atoms with Crippen LogP contribution in [0.2, 0.25) is 0 Å². The maximum atomic E-state index is 11.2. The number of benzene rings is 1. The average Bonchev–Trinajstić information content (AvgIpc) is 3.04. The Kier molecular flexibility index (Phi) is 3.46. The quantitative estimate of drug-likeness (QED) is 0.775. The fourth-order valence-corrected chi connectivity index (χ4v) is 3.62. The number of oxazole rings is 1. The van der Waals surface area contributed by atoms with Crippen molar-refractivity contribution in [2.24, 2.45) is 0 Å². The third-order valence-electron chi connectivity index (χ3n) is 3.49. The maximum absolute atomic E-state index is 11.2. The summed E-state index contributed by atoms with van der Waals surface area (Å²) in [6.45, 7) is 2.16. The second-order valence-corrected chi connectivity index (χ2v) is 5.60. The third kappa shape index (κ3) is 2.19. The highest BCUT2D eigenvalue weighted by Crippen LogP contribution is 2.31. The first kappa shape index (κ1) is 13.1. The van der Waals surface area contributed by atoms with Crippen LogP contribution in [0.15, 0.2) is 38.9 Å². The van der Waals surface area contributed by atoms with E-state index in [0.29, 0.717) is 5.58 Å². The molecular weight excluding hydrogens is 272 g/mol. The van der Waals surface area contributed by atoms with Gasteiger partial charge in [0, 0.05) is 4.88 Å². The van der Waals surface area contributed by atoms with Crippen LogP contribution in [-0.4, -0.2) is 12.0 Å². The fraction of sp³-hybridized carbons (Fsp3) is 0.267. The number of aromatic amines is 1. The summed E-state index contributed by atoms with van der Waals surface area (Å²) < 4.78 is 5.14. The number of nitrogens with one attached hydrogen (secondary N) is 2. The molecular formula is C15H16N2O2S. The predicted molar refractivity (Wildman–Crippen MR) is 81.4 cm³/mol. The molecule has 5 heteroatoms. The Bertz CT molecular complexity index is 784. The second-order valence-electron chi connectivity index (χ2n) is 4.66. The molecule has 1 unspecified atom stereocenters. The van der Waals surface area contributed by atoms with Crippen molar-refractivity contribution in [2.75, 3.05) is 7.05 Å². The average molecular weight is 288 g/mol. The molecule has 2 N–H and O–H groups in total. The number of H-pyrrole nitrogens is 1. The molecule has 0 saturated heterocycles. The standard InChI is InChI=1S/C15H16N2O2S/c1-3-9-6-7-20-14(9)13(16-2)10-4-5-11-12(8-10)19-15(18)17-11/h4-8,13,16H,3H2,1-2H3,(H,17,18). The molecule has 0 aliphatic heterocycles. The Morgan fingerprint density at radius 2 is 2.25 bits per heavy atom. The van der Waals surface area contributed by atoms with Crippen molar-refractivity contribution < 1.29 is 4.42 Å². The number of rotatable bonds is 4. The van der Waals surface area contributed by atoms with E-state index in [1.54, 1.807) is 11.3 Å². The number of aromatic nitrogens is 1. The van der Waals surface area contributed by atoms with Gasteiger partial charge in [-0.25, -0.2) is 4.79 Å². The Morgan fingerprint density at radius 3 is 3.00 bits per heavy atom. The molecule has 1 atom stereocenters. The lowest BCUT2D eigenvalue weighted by molar-refractivity contribution is 0.554. The van der Waals surface area contributed by atoms with Crippen LogP contribution in [0.25, 0.3) is 11.1 Å². The van der Waals surface area contributed by atoms with Crippen molar-refractivity contribution in [3.05, 3.63) is 56.2 Å². The zero-order valence-corrected chi connectivity index (χ0v) is 12.2. The summed E-state index contributed by atoms with van der Waals surface area (Å²) in [6, 6.07) is 8.12. The monoisotopic (exact) mass is 288 g/mol. The van der Waals surface area contributed by atoms with Gasteiger partial charge in [0.1, 0.15) is 0 Å². The van der Waals surface area contributed by atoms with Gasteiger partial charge in [-0.2, -0.15) is 0 Å². The van der Waals surface area contributed by atoms with Gasteiger partial charge in [0.25, 0.3) is 0 Å². The minimum absolute atomic E-state index is 0.120. The van der Waals surface area contributed by atoms with Crippen molar-refractivity contribution in [1.29, 1.82) is 0 Å². The summed E-state index contributed by atoms with van der Waals surface area (Å²) in [4.78, 5) is 15.2. The van der Waals surface area contributed by atoms with Gasteiger partial charge >= 0.3 is 5.76 Å². The molecule has 0 aliphatic rings. The predicted octanol–water partition coefficient (Wildman–Crippen LogP) is 3.05. The normalized spacial score (nSPS) is 12.9. The van der Waals surface area contributed by atoms with E-state index in [-0.39, 0.29) is 6.04 Å². The molecule has 0 aliphatic carbocycles. The largest absolute Gasteiger partial charge is 0.417 e. The molecule has 0 spiro atoms. The number of fused-ring (bicyclic) bond motifs is 1. The van der Waals surface area contributed by atoms with Crippen LogP contribution in [0.3, 0.4) is 0 Å². The molecule has 1 aromatic carbocycles. The summed E-state index contributed by atoms with van der Waals surface area (Å²) in [6.07, 6.45) is 1.01. The molecule has 3 aromatic rings. The molecule has 20 heavy (non-hydrogen) atoms. The number of hydrogen-bond donors (Lipinski definition) is 2. The Morgan fingerprint density at radius 1 is 1.40 bits per heavy atom. The topological polar surface area (TPSA) is 58.0 Å². The summed E-state index contributed by atoms with van der Waals surface area (Å²) in [5.74, 6) is -0.413. The van der Waals surface area contributed by atoms with E-state index < -0.39 is 5.76 Å². The molecule has 0 bridgehead atoms. The van der Waals surface area contributed by atoms with E-state index in [9.17, 15) is 4.79 Å². The van der Waals surface area contributed by atoms with E-state index in [1.165, 1.54) is 10.4 Å². The van der Waals surface area contributed by atoms with Crippen LogP contribution in [0, 0.1) is 0 Å². The molecule has 3 rings (SSSR count). The maximum Gasteiger partial charge on any atom is 0.417 e. The molecule has 0 amide bonds. The lowest BCUT2D eigenvalue weighted by Gasteiger charge is -2.17. The summed E-state index contributed by atoms with van der Waals surface area (Å²) in [5.41, 5.74) is 3.78. The SMILES string of the molecule is CCc1ccsc1C(NC)c1ccc2[nH]c(=O)oc2c1. The van der Waals surface area contributed by atoms with Crippen LogP contribution in [0.1, 0.15) is 29.0 Å². The number of thiophene rings is 1. The van der Waals surface area contributed by atoms with Crippen LogP contribution >= 0.6 is 11.3 Å². The minimum Gasteiger partial charge on any atom is -0.408 e. The van der Waals surface area contributed by atoms with Gasteiger partial charge < -0.3 is 9.73 Å². The van der Waals surface area contributed by atoms with Crippen molar-refractivity contribution in [3.63, 3.8) is 0 Å². The zero-order chi connectivity index (χ0) is 14.1. The summed E-state index contributed by atoms with van der Waals surface area (Å²) in [5, 5.41) is 5.47. The van der Waals surface area contributed by atoms with Crippen LogP contribution in [-0.2, 0) is 6.42 Å². The lowest BCUT2D eigenvalue weighted by Crippen LogP contribution is -2.17. The molecule has 2 aromatic heterocycles. The van der Waals surface area contributed by atoms with Crippen LogP contribution in [0.5, 0.6) is 0 Å². The van der Waals surface area contributed by atoms with Gasteiger partial charge in [-0.3, -0.25) is 4.98 Å². The highest BCUT2D eigenvalue weighted by Gasteiger charge is 2.17. The van der Waals surface area contributed by atoms with E-state index >= 15 is 0 Å². The Labute approximate surface area is 120 Å². The molecule has 2 heterocycles. The first-order valence-electron chi connectivity index (χ1n) is 6.59. The smallest absolute Gasteiger partial charge is 0.408 e. The molecule has 0 fully saturated rings. The van der Waals surface area contributed by atoms with E-state index in [1.807, 2.05) is 25.2 Å². The number of hydrogen-bond acceptors (Lipinski definition) is 4. The Balaban J connectivity index is 2.08. The summed E-state index contributed by atoms with van der Waals surface area (Å²) >= 11 is 1.75. The van der Waals surface area contributed by atoms with E-state index in [0.717, 1.165) is 17.5 Å². The van der Waals surface area contributed by atoms with Gasteiger partial charge in [0.05, 0.1) is 11.6 Å². The summed E-state index contributed by atoms with van der Waals surface area (Å²) in [7, 11) is 1.95. The minimum atomic E-state index is -0.413. The van der Waals surface area contributed by atoms with E-state index in [2.05, 4.69) is 28.7 Å². The van der Waals surface area contributed by atoms with Gasteiger partial charge in [-0.1, -0.05) is 13.0 Å². The van der Waals surface area contributed by atoms with Crippen LogP contribution in [0.4, 0.5) is 0 Å². The fourth-order valence-electron chi connectivity index (χ4n) is 2.48. The zero-order valence-electron chi connectivity index (χ0n) is 11.4. The Hall–Kier alpha value is -1.85. The first-order valence-corrected chi connectivity index (χ1v) is 7.47. The second kappa shape index (κ2) is 5.26. The molecule has 4 nitrogen and oxygen atoms in total. The highest BCUT2D eigenvalue weighted by molar-refractivity contribution is 7.10. The van der Waals surface area contributed by atoms with E-state index in [4.69, 9.17) is 4.42 Å². The highest BCUT2D eigenvalue weighted by atomic mass is 32.1. The van der Waals surface area contributed by atoms with Gasteiger partial charge in [0.2, 0.25) is 0 Å². The van der Waals surface area contributed by atoms with Gasteiger partial charge in [0.15, 0.2) is 5.58 Å². The van der Waals surface area contributed by atoms with Gasteiger partial charge in [-0.05, 0) is 48.2 Å². The molecule has 104 valence electrons. The first-order chi connectivity index (χ1) is 9.72.